The number of allylic oxidation sites excluding steroid dienone is 5. The first-order valence-electron chi connectivity index (χ1n) is 5.90. The summed E-state index contributed by atoms with van der Waals surface area (Å²) in [5.74, 6) is -0.229. The van der Waals surface area contributed by atoms with Crippen LogP contribution in [0.2, 0.25) is 0 Å². The van der Waals surface area contributed by atoms with Crippen LogP contribution in [0.3, 0.4) is 0 Å². The van der Waals surface area contributed by atoms with E-state index in [4.69, 9.17) is 0 Å². The molecule has 1 atom stereocenters. The fraction of sp³-hybridized carbons (Fsp3) is 0.500. The Morgan fingerprint density at radius 1 is 1.35 bits per heavy atom. The van der Waals surface area contributed by atoms with Crippen molar-refractivity contribution in [2.24, 2.45) is 0 Å². The normalized spacial score (nSPS) is 13.8. The zero-order valence-electron chi connectivity index (χ0n) is 10.6. The van der Waals surface area contributed by atoms with Gasteiger partial charge in [-0.2, -0.15) is 0 Å². The van der Waals surface area contributed by atoms with Gasteiger partial charge in [0.1, 0.15) is 0 Å². The largest absolute Gasteiger partial charge is 0.469 e. The van der Waals surface area contributed by atoms with E-state index in [0.717, 1.165) is 6.42 Å². The molecule has 0 radical (unpaired) electrons. The minimum absolute atomic E-state index is 0.229. The summed E-state index contributed by atoms with van der Waals surface area (Å²) in [6, 6.07) is 0. The van der Waals surface area contributed by atoms with Crippen molar-refractivity contribution in [2.45, 2.75) is 38.7 Å². The van der Waals surface area contributed by atoms with E-state index in [2.05, 4.69) is 10.8 Å². The zero-order valence-corrected chi connectivity index (χ0v) is 10.6. The lowest BCUT2D eigenvalue weighted by Crippen LogP contribution is -2.05. The van der Waals surface area contributed by atoms with Crippen LogP contribution in [0.5, 0.6) is 0 Å². The SMILES string of the molecule is CC=CCC=CC=CC(O)CCCC(=O)OC. The van der Waals surface area contributed by atoms with Crippen LogP contribution in [-0.4, -0.2) is 24.3 Å². The van der Waals surface area contributed by atoms with Crippen LogP contribution in [0.25, 0.3) is 0 Å². The van der Waals surface area contributed by atoms with E-state index >= 15 is 0 Å². The summed E-state index contributed by atoms with van der Waals surface area (Å²) in [6.45, 7) is 1.98. The van der Waals surface area contributed by atoms with Gasteiger partial charge in [-0.15, -0.1) is 0 Å². The minimum atomic E-state index is -0.494. The summed E-state index contributed by atoms with van der Waals surface area (Å²) in [5.41, 5.74) is 0. The average Bonchev–Trinajstić information content (AvgIpc) is 2.33. The maximum absolute atomic E-state index is 10.8. The van der Waals surface area contributed by atoms with E-state index in [1.54, 1.807) is 6.08 Å². The molecule has 0 saturated heterocycles. The molecule has 1 unspecified atom stereocenters. The fourth-order valence-electron chi connectivity index (χ4n) is 1.22. The topological polar surface area (TPSA) is 46.5 Å². The Hall–Kier alpha value is -1.35. The molecule has 96 valence electrons. The Kier molecular flexibility index (Phi) is 10.3. The standard InChI is InChI=1S/C14H22O3/c1-3-4-5-6-7-8-10-13(15)11-9-12-14(16)17-2/h3-4,6-8,10,13,15H,5,9,11-12H2,1-2H3. The van der Waals surface area contributed by atoms with Crippen molar-refractivity contribution >= 4 is 5.97 Å². The molecule has 0 spiro atoms. The van der Waals surface area contributed by atoms with Crippen LogP contribution in [-0.2, 0) is 9.53 Å². The van der Waals surface area contributed by atoms with Gasteiger partial charge < -0.3 is 9.84 Å². The summed E-state index contributed by atoms with van der Waals surface area (Å²) in [4.78, 5) is 10.8. The molecule has 17 heavy (non-hydrogen) atoms. The molecule has 1 N–H and O–H groups in total. The Morgan fingerprint density at radius 2 is 2.12 bits per heavy atom. The van der Waals surface area contributed by atoms with Crippen molar-refractivity contribution < 1.29 is 14.6 Å². The molecule has 0 bridgehead atoms. The van der Waals surface area contributed by atoms with Gasteiger partial charge >= 0.3 is 5.97 Å². The Labute approximate surface area is 103 Å². The molecular formula is C14H22O3. The van der Waals surface area contributed by atoms with Crippen LogP contribution >= 0.6 is 0 Å². The first-order chi connectivity index (χ1) is 8.20. The number of hydrogen-bond donors (Lipinski definition) is 1. The van der Waals surface area contributed by atoms with Crippen LogP contribution in [0.15, 0.2) is 36.5 Å². The molecule has 0 rings (SSSR count). The Morgan fingerprint density at radius 3 is 2.76 bits per heavy atom. The van der Waals surface area contributed by atoms with Crippen molar-refractivity contribution in [1.82, 2.24) is 0 Å². The van der Waals surface area contributed by atoms with Crippen LogP contribution in [0, 0.1) is 0 Å². The molecule has 0 fully saturated rings. The van der Waals surface area contributed by atoms with Gasteiger partial charge in [0.25, 0.3) is 0 Å². The quantitative estimate of drug-likeness (QED) is 0.402. The second kappa shape index (κ2) is 11.1. The molecular weight excluding hydrogens is 216 g/mol. The molecule has 3 heteroatoms. The van der Waals surface area contributed by atoms with Gasteiger partial charge in [0, 0.05) is 6.42 Å². The predicted molar refractivity (Wildman–Crippen MR) is 69.6 cm³/mol. The van der Waals surface area contributed by atoms with Crippen molar-refractivity contribution in [3.8, 4) is 0 Å². The van der Waals surface area contributed by atoms with Crippen molar-refractivity contribution in [3.63, 3.8) is 0 Å². The highest BCUT2D eigenvalue weighted by molar-refractivity contribution is 5.68. The lowest BCUT2D eigenvalue weighted by atomic mass is 10.1. The second-order valence-corrected chi connectivity index (χ2v) is 3.65. The summed E-state index contributed by atoms with van der Waals surface area (Å²) >= 11 is 0. The van der Waals surface area contributed by atoms with Crippen molar-refractivity contribution in [2.75, 3.05) is 7.11 Å². The predicted octanol–water partition coefficient (Wildman–Crippen LogP) is 2.77. The van der Waals surface area contributed by atoms with Crippen molar-refractivity contribution in [1.29, 1.82) is 0 Å². The monoisotopic (exact) mass is 238 g/mol. The highest BCUT2D eigenvalue weighted by Gasteiger charge is 2.02. The molecule has 0 aliphatic heterocycles. The number of aliphatic hydroxyl groups excluding tert-OH is 1. The molecule has 0 aliphatic carbocycles. The van der Waals surface area contributed by atoms with Crippen LogP contribution < -0.4 is 0 Å². The van der Waals surface area contributed by atoms with Gasteiger partial charge in [-0.1, -0.05) is 36.5 Å². The van der Waals surface area contributed by atoms with Gasteiger partial charge in [0.15, 0.2) is 0 Å². The minimum Gasteiger partial charge on any atom is -0.469 e. The lowest BCUT2D eigenvalue weighted by molar-refractivity contribution is -0.140. The molecule has 0 heterocycles. The van der Waals surface area contributed by atoms with Gasteiger partial charge in [-0.25, -0.2) is 0 Å². The fourth-order valence-corrected chi connectivity index (χ4v) is 1.22. The van der Waals surface area contributed by atoms with Gasteiger partial charge in [-0.05, 0) is 26.2 Å². The van der Waals surface area contributed by atoms with E-state index in [-0.39, 0.29) is 5.97 Å². The number of carbonyl (C=O) groups is 1. The first-order valence-corrected chi connectivity index (χ1v) is 5.90. The third-order valence-electron chi connectivity index (χ3n) is 2.20. The third kappa shape index (κ3) is 10.9. The maximum atomic E-state index is 10.8. The number of methoxy groups -OCH3 is 1. The van der Waals surface area contributed by atoms with Crippen LogP contribution in [0.4, 0.5) is 0 Å². The van der Waals surface area contributed by atoms with Gasteiger partial charge in [0.2, 0.25) is 0 Å². The summed E-state index contributed by atoms with van der Waals surface area (Å²) in [7, 11) is 1.37. The highest BCUT2D eigenvalue weighted by Crippen LogP contribution is 2.03. The number of aliphatic hydroxyl groups is 1. The number of carbonyl (C=O) groups excluding carboxylic acids is 1. The van der Waals surface area contributed by atoms with E-state index in [1.807, 2.05) is 31.2 Å². The lowest BCUT2D eigenvalue weighted by Gasteiger charge is -2.03. The molecule has 0 amide bonds. The highest BCUT2D eigenvalue weighted by atomic mass is 16.5. The summed E-state index contributed by atoms with van der Waals surface area (Å²) in [6.07, 6.45) is 13.5. The van der Waals surface area contributed by atoms with E-state index in [9.17, 15) is 9.90 Å². The maximum Gasteiger partial charge on any atom is 0.305 e. The van der Waals surface area contributed by atoms with E-state index in [0.29, 0.717) is 19.3 Å². The Balaban J connectivity index is 3.63. The van der Waals surface area contributed by atoms with Gasteiger partial charge in [0.05, 0.1) is 13.2 Å². The number of esters is 1. The number of ether oxygens (including phenoxy) is 1. The molecule has 0 saturated carbocycles. The third-order valence-corrected chi connectivity index (χ3v) is 2.20. The number of hydrogen-bond acceptors (Lipinski definition) is 3. The Bertz CT molecular complexity index is 277. The van der Waals surface area contributed by atoms with Crippen LogP contribution in [0.1, 0.15) is 32.6 Å². The van der Waals surface area contributed by atoms with E-state index in [1.165, 1.54) is 7.11 Å². The smallest absolute Gasteiger partial charge is 0.305 e. The molecule has 0 aromatic heterocycles. The molecule has 3 nitrogen and oxygen atoms in total. The van der Waals surface area contributed by atoms with Gasteiger partial charge in [-0.3, -0.25) is 4.79 Å². The molecule has 0 aromatic carbocycles. The summed E-state index contributed by atoms with van der Waals surface area (Å²) in [5, 5.41) is 9.55. The zero-order chi connectivity index (χ0) is 12.9. The first kappa shape index (κ1) is 15.7. The average molecular weight is 238 g/mol. The van der Waals surface area contributed by atoms with E-state index < -0.39 is 6.10 Å². The summed E-state index contributed by atoms with van der Waals surface area (Å²) < 4.78 is 4.51. The molecule has 0 aliphatic rings. The second-order valence-electron chi connectivity index (χ2n) is 3.65. The number of rotatable bonds is 8. The van der Waals surface area contributed by atoms with Crippen molar-refractivity contribution in [3.05, 3.63) is 36.5 Å². The molecule has 0 aromatic rings.